The van der Waals surface area contributed by atoms with E-state index in [-0.39, 0.29) is 5.91 Å². The third-order valence-electron chi connectivity index (χ3n) is 9.20. The monoisotopic (exact) mass is 604 g/mol. The van der Waals surface area contributed by atoms with Crippen LogP contribution in [0.25, 0.3) is 60.9 Å². The van der Waals surface area contributed by atoms with E-state index in [4.69, 9.17) is 0 Å². The maximum Gasteiger partial charge on any atom is 0.261 e. The van der Waals surface area contributed by atoms with Crippen LogP contribution < -0.4 is 4.90 Å². The van der Waals surface area contributed by atoms with Gasteiger partial charge in [0.1, 0.15) is 0 Å². The highest BCUT2D eigenvalue weighted by Crippen LogP contribution is 2.44. The first kappa shape index (κ1) is 27.0. The molecule has 4 heterocycles. The van der Waals surface area contributed by atoms with Gasteiger partial charge in [-0.1, -0.05) is 97.1 Å². The number of hydrogen-bond acceptors (Lipinski definition) is 3. The number of fused-ring (bicyclic) bond motifs is 4. The summed E-state index contributed by atoms with van der Waals surface area (Å²) < 4.78 is 2.27. The summed E-state index contributed by atoms with van der Waals surface area (Å²) in [6.07, 6.45) is 7.43. The minimum absolute atomic E-state index is 0.000749. The number of nitrogens with zero attached hydrogens (tertiary/aromatic N) is 4. The average Bonchev–Trinajstić information content (AvgIpc) is 3.67. The fourth-order valence-electron chi connectivity index (χ4n) is 7.19. The smallest absolute Gasteiger partial charge is 0.261 e. The van der Waals surface area contributed by atoms with Crippen molar-refractivity contribution in [3.8, 4) is 39.1 Å². The molecule has 0 N–H and O–H groups in total. The molecule has 3 aromatic heterocycles. The van der Waals surface area contributed by atoms with Crippen molar-refractivity contribution in [2.75, 3.05) is 4.90 Å². The number of aromatic nitrogens is 3. The van der Waals surface area contributed by atoms with E-state index in [0.717, 1.165) is 77.7 Å². The number of para-hydroxylation sites is 1. The van der Waals surface area contributed by atoms with Crippen LogP contribution in [0.1, 0.15) is 15.9 Å². The maximum absolute atomic E-state index is 14.6. The Kier molecular flexibility index (Phi) is 6.28. The molecular formula is C42H28N4O. The van der Waals surface area contributed by atoms with E-state index in [2.05, 4.69) is 99.5 Å². The van der Waals surface area contributed by atoms with Crippen LogP contribution in [0.3, 0.4) is 0 Å². The van der Waals surface area contributed by atoms with E-state index >= 15 is 0 Å². The molecule has 0 fully saturated rings. The molecule has 0 saturated carbocycles. The van der Waals surface area contributed by atoms with Crippen LogP contribution in [0.2, 0.25) is 0 Å². The second-order valence-corrected chi connectivity index (χ2v) is 11.8. The quantitative estimate of drug-likeness (QED) is 0.197. The van der Waals surface area contributed by atoms with Crippen LogP contribution >= 0.6 is 0 Å². The number of carbonyl (C=O) groups is 1. The van der Waals surface area contributed by atoms with Crippen LogP contribution in [0.5, 0.6) is 0 Å². The normalized spacial score (nSPS) is 12.6. The molecule has 8 aromatic rings. The van der Waals surface area contributed by atoms with Crippen molar-refractivity contribution in [3.05, 3.63) is 169 Å². The van der Waals surface area contributed by atoms with Gasteiger partial charge in [-0.3, -0.25) is 14.8 Å². The molecule has 0 aliphatic carbocycles. The third-order valence-corrected chi connectivity index (χ3v) is 9.20. The predicted molar refractivity (Wildman–Crippen MR) is 190 cm³/mol. The van der Waals surface area contributed by atoms with E-state index in [0.29, 0.717) is 6.54 Å². The zero-order chi connectivity index (χ0) is 31.3. The second kappa shape index (κ2) is 10.9. The zero-order valence-electron chi connectivity index (χ0n) is 25.4. The van der Waals surface area contributed by atoms with Gasteiger partial charge in [-0.25, -0.2) is 0 Å². The van der Waals surface area contributed by atoms with Gasteiger partial charge in [0.05, 0.1) is 34.5 Å². The lowest BCUT2D eigenvalue weighted by Crippen LogP contribution is -2.24. The number of carbonyl (C=O) groups excluding carboxylic acids is 1. The van der Waals surface area contributed by atoms with Crippen molar-refractivity contribution in [3.63, 3.8) is 0 Å². The van der Waals surface area contributed by atoms with Gasteiger partial charge in [0.2, 0.25) is 0 Å². The van der Waals surface area contributed by atoms with Crippen LogP contribution in [0.15, 0.2) is 158 Å². The van der Waals surface area contributed by atoms with E-state index in [9.17, 15) is 4.79 Å². The van der Waals surface area contributed by atoms with Gasteiger partial charge in [-0.2, -0.15) is 0 Å². The fraction of sp³-hybridized carbons (Fsp3) is 0.0238. The van der Waals surface area contributed by atoms with Gasteiger partial charge in [0.15, 0.2) is 0 Å². The molecule has 222 valence electrons. The van der Waals surface area contributed by atoms with Gasteiger partial charge in [-0.15, -0.1) is 0 Å². The minimum atomic E-state index is 0.000749. The Morgan fingerprint density at radius 1 is 0.489 bits per heavy atom. The summed E-state index contributed by atoms with van der Waals surface area (Å²) in [5.74, 6) is 0.000749. The lowest BCUT2D eigenvalue weighted by atomic mass is 9.96. The molecule has 0 atom stereocenters. The van der Waals surface area contributed by atoms with E-state index in [1.165, 1.54) is 0 Å². The highest BCUT2D eigenvalue weighted by molar-refractivity contribution is 6.22. The number of amides is 1. The highest BCUT2D eigenvalue weighted by atomic mass is 16.2. The van der Waals surface area contributed by atoms with Crippen LogP contribution in [0.4, 0.5) is 5.69 Å². The molecule has 0 radical (unpaired) electrons. The summed E-state index contributed by atoms with van der Waals surface area (Å²) in [6.45, 7) is 0.505. The van der Waals surface area contributed by atoms with Gasteiger partial charge < -0.3 is 9.47 Å². The standard InChI is InChI=1S/C42H28N4O/c47-42-39-31(27-45(42)35-19-5-4-16-32(35)28-11-2-1-3-12-28)13-6-20-36(39)46-37-21-7-17-33(29-14-9-23-43-25-29)40(37)41-34(18-8-22-38(41)46)30-15-10-24-44-26-30/h1-26H,27H2. The van der Waals surface area contributed by atoms with E-state index in [1.807, 2.05) is 65.8 Å². The molecular weight excluding hydrogens is 576 g/mol. The lowest BCUT2D eigenvalue weighted by molar-refractivity contribution is 0.0997. The van der Waals surface area contributed by atoms with Crippen molar-refractivity contribution in [1.82, 2.24) is 14.5 Å². The molecule has 1 amide bonds. The number of hydrogen-bond donors (Lipinski definition) is 0. The molecule has 47 heavy (non-hydrogen) atoms. The predicted octanol–water partition coefficient (Wildman–Crippen LogP) is 9.74. The van der Waals surface area contributed by atoms with Gasteiger partial charge in [0, 0.05) is 52.3 Å². The van der Waals surface area contributed by atoms with Crippen LogP contribution in [0, 0.1) is 0 Å². The summed E-state index contributed by atoms with van der Waals surface area (Å²) >= 11 is 0. The topological polar surface area (TPSA) is 51.0 Å². The maximum atomic E-state index is 14.6. The molecule has 5 nitrogen and oxygen atoms in total. The molecule has 0 bridgehead atoms. The Morgan fingerprint density at radius 2 is 1.04 bits per heavy atom. The van der Waals surface area contributed by atoms with Gasteiger partial charge in [0.25, 0.3) is 5.91 Å². The molecule has 0 saturated heterocycles. The molecule has 0 spiro atoms. The summed E-state index contributed by atoms with van der Waals surface area (Å²) in [5, 5.41) is 2.23. The zero-order valence-corrected chi connectivity index (χ0v) is 25.4. The van der Waals surface area contributed by atoms with Crippen molar-refractivity contribution >= 4 is 33.4 Å². The van der Waals surface area contributed by atoms with E-state index in [1.54, 1.807) is 12.4 Å². The van der Waals surface area contributed by atoms with E-state index < -0.39 is 0 Å². The molecule has 1 aliphatic heterocycles. The van der Waals surface area contributed by atoms with Crippen molar-refractivity contribution in [2.45, 2.75) is 6.54 Å². The van der Waals surface area contributed by atoms with Crippen LogP contribution in [-0.2, 0) is 6.54 Å². The summed E-state index contributed by atoms with van der Waals surface area (Å²) in [4.78, 5) is 25.5. The second-order valence-electron chi connectivity index (χ2n) is 11.8. The lowest BCUT2D eigenvalue weighted by Gasteiger charge is -2.20. The number of pyridine rings is 2. The number of anilines is 1. The third kappa shape index (κ3) is 4.28. The summed E-state index contributed by atoms with van der Waals surface area (Å²) in [7, 11) is 0. The number of benzene rings is 5. The molecule has 5 aromatic carbocycles. The Bertz CT molecular complexity index is 2350. The minimum Gasteiger partial charge on any atom is -0.308 e. The van der Waals surface area contributed by atoms with Gasteiger partial charge in [-0.05, 0) is 58.7 Å². The molecule has 0 unspecified atom stereocenters. The van der Waals surface area contributed by atoms with Crippen LogP contribution in [-0.4, -0.2) is 20.4 Å². The first-order valence-electron chi connectivity index (χ1n) is 15.7. The van der Waals surface area contributed by atoms with Crippen molar-refractivity contribution in [2.24, 2.45) is 0 Å². The summed E-state index contributed by atoms with van der Waals surface area (Å²) in [5.41, 5.74) is 12.0. The van der Waals surface area contributed by atoms with Crippen molar-refractivity contribution < 1.29 is 4.79 Å². The largest absolute Gasteiger partial charge is 0.308 e. The Labute approximate surface area is 272 Å². The first-order chi connectivity index (χ1) is 23.3. The highest BCUT2D eigenvalue weighted by Gasteiger charge is 2.34. The SMILES string of the molecule is O=C1c2c(cccc2-n2c3cccc(-c4cccnc4)c3c3c(-c4cccnc4)cccc32)CN1c1ccccc1-c1ccccc1. The molecule has 1 aliphatic rings. The molecule has 9 rings (SSSR count). The van der Waals surface area contributed by atoms with Crippen molar-refractivity contribution in [1.29, 1.82) is 0 Å². The Morgan fingerprint density at radius 3 is 1.68 bits per heavy atom. The average molecular weight is 605 g/mol. The summed E-state index contributed by atoms with van der Waals surface area (Å²) in [6, 6.07) is 45.6. The fourth-order valence-corrected chi connectivity index (χ4v) is 7.19. The van der Waals surface area contributed by atoms with Gasteiger partial charge >= 0.3 is 0 Å². The molecule has 5 heteroatoms. The Balaban J connectivity index is 1.30. The Hall–Kier alpha value is -6.33. The number of rotatable bonds is 5. The first-order valence-corrected chi connectivity index (χ1v) is 15.7.